The molecule has 86 valence electrons. The predicted molar refractivity (Wildman–Crippen MR) is 63.0 cm³/mol. The number of benzene rings is 1. The van der Waals surface area contributed by atoms with Crippen molar-refractivity contribution in [3.05, 3.63) is 29.3 Å². The summed E-state index contributed by atoms with van der Waals surface area (Å²) in [5.74, 6) is 0. The number of rotatable bonds is 3. The topological polar surface area (TPSA) is 41.6 Å². The van der Waals surface area contributed by atoms with Crippen LogP contribution >= 0.6 is 11.6 Å². The first kappa shape index (κ1) is 11.2. The van der Waals surface area contributed by atoms with Gasteiger partial charge in [-0.2, -0.15) is 0 Å². The van der Waals surface area contributed by atoms with Crippen LogP contribution < -0.4 is 10.2 Å². The Labute approximate surface area is 99.1 Å². The SMILES string of the molecule is CNCC1CN(c2cccc(Cl)c2)C(=O)O1. The minimum atomic E-state index is -0.317. The number of ether oxygens (including phenoxy) is 1. The summed E-state index contributed by atoms with van der Waals surface area (Å²) in [5, 5.41) is 3.60. The van der Waals surface area contributed by atoms with Crippen molar-refractivity contribution in [2.45, 2.75) is 6.10 Å². The molecule has 1 saturated heterocycles. The lowest BCUT2D eigenvalue weighted by molar-refractivity contribution is 0.141. The summed E-state index contributed by atoms with van der Waals surface area (Å²) >= 11 is 5.88. The molecule has 0 saturated carbocycles. The monoisotopic (exact) mass is 240 g/mol. The van der Waals surface area contributed by atoms with Crippen molar-refractivity contribution in [1.29, 1.82) is 0 Å². The number of amides is 1. The van der Waals surface area contributed by atoms with Gasteiger partial charge >= 0.3 is 6.09 Å². The molecule has 1 heterocycles. The Kier molecular flexibility index (Phi) is 3.31. The predicted octanol–water partition coefficient (Wildman–Crippen LogP) is 1.88. The molecule has 1 aliphatic heterocycles. The summed E-state index contributed by atoms with van der Waals surface area (Å²) in [4.78, 5) is 13.2. The number of nitrogens with one attached hydrogen (secondary N) is 1. The van der Waals surface area contributed by atoms with Gasteiger partial charge in [0.2, 0.25) is 0 Å². The van der Waals surface area contributed by atoms with E-state index in [2.05, 4.69) is 5.32 Å². The minimum Gasteiger partial charge on any atom is -0.443 e. The largest absolute Gasteiger partial charge is 0.443 e. The van der Waals surface area contributed by atoms with Crippen LogP contribution in [0, 0.1) is 0 Å². The molecule has 1 aromatic rings. The van der Waals surface area contributed by atoms with Gasteiger partial charge in [-0.3, -0.25) is 4.90 Å². The molecule has 1 amide bonds. The first-order chi connectivity index (χ1) is 7.70. The van der Waals surface area contributed by atoms with Gasteiger partial charge in [0.1, 0.15) is 6.10 Å². The second-order valence-electron chi connectivity index (χ2n) is 3.65. The third kappa shape index (κ3) is 2.28. The fourth-order valence-corrected chi connectivity index (χ4v) is 1.89. The van der Waals surface area contributed by atoms with Crippen LogP contribution in [0.15, 0.2) is 24.3 Å². The summed E-state index contributed by atoms with van der Waals surface area (Å²) in [7, 11) is 1.83. The first-order valence-electron chi connectivity index (χ1n) is 5.09. The van der Waals surface area contributed by atoms with Crippen LogP contribution in [-0.4, -0.2) is 32.3 Å². The molecule has 4 nitrogen and oxygen atoms in total. The summed E-state index contributed by atoms with van der Waals surface area (Å²) in [5.41, 5.74) is 0.774. The summed E-state index contributed by atoms with van der Waals surface area (Å²) in [6.07, 6.45) is -0.418. The van der Waals surface area contributed by atoms with E-state index in [4.69, 9.17) is 16.3 Å². The van der Waals surface area contributed by atoms with Crippen LogP contribution in [0.5, 0.6) is 0 Å². The second kappa shape index (κ2) is 4.72. The average molecular weight is 241 g/mol. The summed E-state index contributed by atoms with van der Waals surface area (Å²) in [6.45, 7) is 1.21. The average Bonchev–Trinajstić information content (AvgIpc) is 2.60. The van der Waals surface area contributed by atoms with Crippen LogP contribution in [0.4, 0.5) is 10.5 Å². The number of hydrogen-bond donors (Lipinski definition) is 1. The zero-order chi connectivity index (χ0) is 11.5. The fourth-order valence-electron chi connectivity index (χ4n) is 1.71. The highest BCUT2D eigenvalue weighted by molar-refractivity contribution is 6.30. The van der Waals surface area contributed by atoms with Crippen molar-refractivity contribution in [2.75, 3.05) is 25.0 Å². The highest BCUT2D eigenvalue weighted by Crippen LogP contribution is 2.24. The normalized spacial score (nSPS) is 20.0. The van der Waals surface area contributed by atoms with Crippen LogP contribution in [0.2, 0.25) is 5.02 Å². The van der Waals surface area contributed by atoms with Gasteiger partial charge in [0.05, 0.1) is 6.54 Å². The Morgan fingerprint density at radius 1 is 1.62 bits per heavy atom. The number of carbonyl (C=O) groups excluding carboxylic acids is 1. The molecule has 5 heteroatoms. The molecule has 1 aliphatic rings. The maximum Gasteiger partial charge on any atom is 0.414 e. The Hall–Kier alpha value is -1.26. The zero-order valence-electron chi connectivity index (χ0n) is 8.94. The van der Waals surface area contributed by atoms with E-state index < -0.39 is 0 Å². The van der Waals surface area contributed by atoms with Crippen molar-refractivity contribution in [3.63, 3.8) is 0 Å². The van der Waals surface area contributed by atoms with E-state index in [0.29, 0.717) is 18.1 Å². The van der Waals surface area contributed by atoms with E-state index in [9.17, 15) is 4.79 Å². The molecule has 1 unspecified atom stereocenters. The molecule has 0 bridgehead atoms. The fraction of sp³-hybridized carbons (Fsp3) is 0.364. The van der Waals surface area contributed by atoms with Gasteiger partial charge in [-0.05, 0) is 25.2 Å². The van der Waals surface area contributed by atoms with Gasteiger partial charge in [0.15, 0.2) is 0 Å². The lowest BCUT2D eigenvalue weighted by atomic mass is 10.2. The number of nitrogens with zero attached hydrogens (tertiary/aromatic N) is 1. The van der Waals surface area contributed by atoms with Gasteiger partial charge in [0, 0.05) is 17.3 Å². The van der Waals surface area contributed by atoms with Crippen molar-refractivity contribution in [1.82, 2.24) is 5.32 Å². The third-order valence-electron chi connectivity index (χ3n) is 2.43. The van der Waals surface area contributed by atoms with E-state index in [1.54, 1.807) is 17.0 Å². The molecule has 2 rings (SSSR count). The van der Waals surface area contributed by atoms with Crippen LogP contribution in [-0.2, 0) is 4.74 Å². The summed E-state index contributed by atoms with van der Waals surface area (Å²) in [6, 6.07) is 7.19. The van der Waals surface area contributed by atoms with Crippen LogP contribution in [0.3, 0.4) is 0 Å². The molecule has 1 N–H and O–H groups in total. The van der Waals surface area contributed by atoms with E-state index in [-0.39, 0.29) is 12.2 Å². The van der Waals surface area contributed by atoms with E-state index in [0.717, 1.165) is 5.69 Å². The maximum absolute atomic E-state index is 11.6. The molecular weight excluding hydrogens is 228 g/mol. The first-order valence-corrected chi connectivity index (χ1v) is 5.47. The number of cyclic esters (lactones) is 1. The Morgan fingerprint density at radius 2 is 2.44 bits per heavy atom. The molecule has 0 aliphatic carbocycles. The molecule has 1 aromatic carbocycles. The van der Waals surface area contributed by atoms with Crippen LogP contribution in [0.25, 0.3) is 0 Å². The van der Waals surface area contributed by atoms with E-state index >= 15 is 0 Å². The second-order valence-corrected chi connectivity index (χ2v) is 4.09. The molecule has 0 radical (unpaired) electrons. The van der Waals surface area contributed by atoms with Gasteiger partial charge < -0.3 is 10.1 Å². The third-order valence-corrected chi connectivity index (χ3v) is 2.66. The summed E-state index contributed by atoms with van der Waals surface area (Å²) < 4.78 is 5.19. The van der Waals surface area contributed by atoms with Crippen LogP contribution in [0.1, 0.15) is 0 Å². The molecule has 1 atom stereocenters. The Balaban J connectivity index is 2.13. The number of hydrogen-bond acceptors (Lipinski definition) is 3. The Bertz CT molecular complexity index is 397. The number of halogens is 1. The van der Waals surface area contributed by atoms with Crippen molar-refractivity contribution < 1.29 is 9.53 Å². The lowest BCUT2D eigenvalue weighted by Crippen LogP contribution is -2.28. The molecule has 16 heavy (non-hydrogen) atoms. The van der Waals surface area contributed by atoms with Crippen molar-refractivity contribution >= 4 is 23.4 Å². The number of anilines is 1. The molecule has 1 fully saturated rings. The van der Waals surface area contributed by atoms with Gasteiger partial charge in [-0.15, -0.1) is 0 Å². The molecular formula is C11H13ClN2O2. The maximum atomic E-state index is 11.6. The highest BCUT2D eigenvalue weighted by Gasteiger charge is 2.31. The van der Waals surface area contributed by atoms with Gasteiger partial charge in [-0.25, -0.2) is 4.79 Å². The highest BCUT2D eigenvalue weighted by atomic mass is 35.5. The minimum absolute atomic E-state index is 0.100. The smallest absolute Gasteiger partial charge is 0.414 e. The Morgan fingerprint density at radius 3 is 3.12 bits per heavy atom. The zero-order valence-corrected chi connectivity index (χ0v) is 9.70. The molecule has 0 aromatic heterocycles. The number of likely N-dealkylation sites (N-methyl/N-ethyl adjacent to an activating group) is 1. The van der Waals surface area contributed by atoms with Gasteiger partial charge in [0.25, 0.3) is 0 Å². The standard InChI is InChI=1S/C11H13ClN2O2/c1-13-6-10-7-14(11(15)16-10)9-4-2-3-8(12)5-9/h2-5,10,13H,6-7H2,1H3. The molecule has 0 spiro atoms. The van der Waals surface area contributed by atoms with Crippen molar-refractivity contribution in [3.8, 4) is 0 Å². The quantitative estimate of drug-likeness (QED) is 0.877. The van der Waals surface area contributed by atoms with E-state index in [1.807, 2.05) is 19.2 Å². The van der Waals surface area contributed by atoms with E-state index in [1.165, 1.54) is 0 Å². The number of carbonyl (C=O) groups is 1. The van der Waals surface area contributed by atoms with Crippen molar-refractivity contribution in [2.24, 2.45) is 0 Å². The van der Waals surface area contributed by atoms with Gasteiger partial charge in [-0.1, -0.05) is 17.7 Å². The lowest BCUT2D eigenvalue weighted by Gasteiger charge is -2.12.